The number of halogens is 1. The van der Waals surface area contributed by atoms with Gasteiger partial charge in [0.2, 0.25) is 0 Å². The number of hydrogen-bond donors (Lipinski definition) is 0. The van der Waals surface area contributed by atoms with Gasteiger partial charge in [0.1, 0.15) is 0 Å². The number of para-hydroxylation sites is 1. The van der Waals surface area contributed by atoms with Gasteiger partial charge in [-0.2, -0.15) is 0 Å². The molecule has 0 atom stereocenters. The van der Waals surface area contributed by atoms with Crippen molar-refractivity contribution in [2.75, 3.05) is 0 Å². The van der Waals surface area contributed by atoms with Gasteiger partial charge in [0.25, 0.3) is 0 Å². The molecule has 0 saturated heterocycles. The summed E-state index contributed by atoms with van der Waals surface area (Å²) in [4.78, 5) is 3.31. The molecular weight excluding hydrogens is 146 g/mol. The zero-order valence-electron chi connectivity index (χ0n) is 5.34. The summed E-state index contributed by atoms with van der Waals surface area (Å²) in [5.41, 5.74) is 1.55. The molecule has 2 heteroatoms. The number of benzene rings is 1. The maximum Gasteiger partial charge on any atom is 0.191 e. The van der Waals surface area contributed by atoms with Gasteiger partial charge in [-0.3, -0.25) is 0 Å². The van der Waals surface area contributed by atoms with Crippen LogP contribution in [0.2, 0.25) is 0 Å². The first-order valence-corrected chi connectivity index (χ1v) is 3.43. The Bertz CT molecular complexity index is 262. The molecule has 1 aromatic carbocycles. The van der Waals surface area contributed by atoms with Crippen LogP contribution in [0.4, 0.5) is 5.69 Å². The predicted molar refractivity (Wildman–Crippen MR) is 42.3 cm³/mol. The minimum Gasteiger partial charge on any atom is -0.238 e. The fourth-order valence-corrected chi connectivity index (χ4v) is 0.959. The van der Waals surface area contributed by atoms with Crippen LogP contribution in [-0.2, 0) is 5.88 Å². The van der Waals surface area contributed by atoms with Crippen LogP contribution < -0.4 is 0 Å². The van der Waals surface area contributed by atoms with E-state index in [0.29, 0.717) is 11.6 Å². The summed E-state index contributed by atoms with van der Waals surface area (Å²) in [7, 11) is 0. The van der Waals surface area contributed by atoms with E-state index in [4.69, 9.17) is 18.2 Å². The zero-order valence-corrected chi connectivity index (χ0v) is 6.10. The Hall–Kier alpha value is -1.00. The van der Waals surface area contributed by atoms with Gasteiger partial charge < -0.3 is 0 Å². The van der Waals surface area contributed by atoms with Crippen molar-refractivity contribution in [3.8, 4) is 0 Å². The standard InChI is InChI=1S/C8H6ClN/c1-10-8-5-3-2-4-7(8)6-9/h2-5H,6H2. The van der Waals surface area contributed by atoms with E-state index in [1.165, 1.54) is 0 Å². The summed E-state index contributed by atoms with van der Waals surface area (Å²) in [6.45, 7) is 6.75. The van der Waals surface area contributed by atoms with Gasteiger partial charge in [-0.1, -0.05) is 24.3 Å². The second-order valence-corrected chi connectivity index (χ2v) is 2.14. The van der Waals surface area contributed by atoms with E-state index in [2.05, 4.69) is 4.85 Å². The summed E-state index contributed by atoms with van der Waals surface area (Å²) in [5.74, 6) is 0.415. The highest BCUT2D eigenvalue weighted by molar-refractivity contribution is 6.17. The van der Waals surface area contributed by atoms with Crippen molar-refractivity contribution in [2.45, 2.75) is 5.88 Å². The molecule has 0 N–H and O–H groups in total. The van der Waals surface area contributed by atoms with Crippen molar-refractivity contribution < 1.29 is 0 Å². The molecule has 10 heavy (non-hydrogen) atoms. The fraction of sp³-hybridized carbons (Fsp3) is 0.125. The van der Waals surface area contributed by atoms with Gasteiger partial charge in [-0.15, -0.1) is 11.6 Å². The van der Waals surface area contributed by atoms with Crippen LogP contribution in [0, 0.1) is 6.57 Å². The smallest absolute Gasteiger partial charge is 0.191 e. The van der Waals surface area contributed by atoms with E-state index in [1.54, 1.807) is 6.07 Å². The maximum atomic E-state index is 6.75. The molecule has 0 aromatic heterocycles. The lowest BCUT2D eigenvalue weighted by Crippen LogP contribution is -1.74. The second-order valence-electron chi connectivity index (χ2n) is 1.87. The minimum absolute atomic E-state index is 0.415. The van der Waals surface area contributed by atoms with E-state index >= 15 is 0 Å². The van der Waals surface area contributed by atoms with E-state index in [1.807, 2.05) is 18.2 Å². The Labute approximate surface area is 65.1 Å². The van der Waals surface area contributed by atoms with Gasteiger partial charge in [-0.05, 0) is 5.56 Å². The monoisotopic (exact) mass is 151 g/mol. The van der Waals surface area contributed by atoms with Crippen LogP contribution in [-0.4, -0.2) is 0 Å². The van der Waals surface area contributed by atoms with Crippen molar-refractivity contribution in [1.82, 2.24) is 0 Å². The quantitative estimate of drug-likeness (QED) is 0.429. The third-order valence-electron chi connectivity index (χ3n) is 1.26. The van der Waals surface area contributed by atoms with Crippen LogP contribution in [0.5, 0.6) is 0 Å². The van der Waals surface area contributed by atoms with Crippen LogP contribution in [0.3, 0.4) is 0 Å². The van der Waals surface area contributed by atoms with Gasteiger partial charge >= 0.3 is 0 Å². The van der Waals surface area contributed by atoms with Crippen molar-refractivity contribution in [3.63, 3.8) is 0 Å². The van der Waals surface area contributed by atoms with Gasteiger partial charge in [0.05, 0.1) is 6.57 Å². The summed E-state index contributed by atoms with van der Waals surface area (Å²) >= 11 is 5.57. The molecule has 0 radical (unpaired) electrons. The van der Waals surface area contributed by atoms with E-state index < -0.39 is 0 Å². The Kier molecular flexibility index (Phi) is 2.30. The normalized spacial score (nSPS) is 8.80. The lowest BCUT2D eigenvalue weighted by Gasteiger charge is -1.95. The van der Waals surface area contributed by atoms with Crippen LogP contribution in [0.25, 0.3) is 4.85 Å². The minimum atomic E-state index is 0.415. The maximum absolute atomic E-state index is 6.75. The molecule has 0 aliphatic carbocycles. The molecule has 0 aliphatic heterocycles. The van der Waals surface area contributed by atoms with E-state index in [0.717, 1.165) is 5.56 Å². The summed E-state index contributed by atoms with van der Waals surface area (Å²) < 4.78 is 0. The predicted octanol–water partition coefficient (Wildman–Crippen LogP) is 2.98. The second kappa shape index (κ2) is 3.24. The summed E-state index contributed by atoms with van der Waals surface area (Å²) in [6, 6.07) is 7.35. The van der Waals surface area contributed by atoms with Gasteiger partial charge in [0, 0.05) is 5.88 Å². The highest BCUT2D eigenvalue weighted by atomic mass is 35.5. The molecule has 0 saturated carbocycles. The molecule has 0 fully saturated rings. The van der Waals surface area contributed by atoms with Crippen LogP contribution in [0.1, 0.15) is 5.56 Å². The molecule has 50 valence electrons. The van der Waals surface area contributed by atoms with Crippen LogP contribution >= 0.6 is 11.6 Å². The van der Waals surface area contributed by atoms with Crippen molar-refractivity contribution in [3.05, 3.63) is 41.2 Å². The number of rotatable bonds is 1. The number of alkyl halides is 1. The largest absolute Gasteiger partial charge is 0.238 e. The lowest BCUT2D eigenvalue weighted by molar-refractivity contribution is 1.42. The fourth-order valence-electron chi connectivity index (χ4n) is 0.733. The first-order chi connectivity index (χ1) is 4.88. The topological polar surface area (TPSA) is 4.36 Å². The van der Waals surface area contributed by atoms with Crippen LogP contribution in [0.15, 0.2) is 24.3 Å². The molecule has 0 amide bonds. The first-order valence-electron chi connectivity index (χ1n) is 2.90. The summed E-state index contributed by atoms with van der Waals surface area (Å²) in [6.07, 6.45) is 0. The van der Waals surface area contributed by atoms with E-state index in [9.17, 15) is 0 Å². The first kappa shape index (κ1) is 7.11. The average Bonchev–Trinajstić information content (AvgIpc) is 2.04. The Morgan fingerprint density at radius 1 is 1.40 bits per heavy atom. The van der Waals surface area contributed by atoms with Crippen molar-refractivity contribution in [1.29, 1.82) is 0 Å². The lowest BCUT2D eigenvalue weighted by atomic mass is 10.2. The SMILES string of the molecule is [C-]#[N+]c1ccccc1CCl. The molecule has 0 unspecified atom stereocenters. The third-order valence-corrected chi connectivity index (χ3v) is 1.54. The van der Waals surface area contributed by atoms with Crippen molar-refractivity contribution in [2.24, 2.45) is 0 Å². The molecule has 0 bridgehead atoms. The Morgan fingerprint density at radius 3 is 2.60 bits per heavy atom. The average molecular weight is 152 g/mol. The molecule has 0 heterocycles. The Morgan fingerprint density at radius 2 is 2.10 bits per heavy atom. The molecule has 0 aliphatic rings. The highest BCUT2D eigenvalue weighted by Crippen LogP contribution is 2.19. The van der Waals surface area contributed by atoms with Crippen molar-refractivity contribution >= 4 is 17.3 Å². The zero-order chi connectivity index (χ0) is 7.40. The number of hydrogen-bond acceptors (Lipinski definition) is 0. The number of nitrogens with zero attached hydrogens (tertiary/aromatic N) is 1. The third kappa shape index (κ3) is 1.29. The molecule has 1 nitrogen and oxygen atoms in total. The van der Waals surface area contributed by atoms with E-state index in [-0.39, 0.29) is 0 Å². The molecule has 0 spiro atoms. The van der Waals surface area contributed by atoms with Gasteiger partial charge in [-0.25, -0.2) is 4.85 Å². The molecule has 1 aromatic rings. The van der Waals surface area contributed by atoms with Gasteiger partial charge in [0.15, 0.2) is 5.69 Å². The molecular formula is C8H6ClN. The molecule has 1 rings (SSSR count). The Balaban J connectivity index is 3.12. The summed E-state index contributed by atoms with van der Waals surface area (Å²) in [5, 5.41) is 0. The highest BCUT2D eigenvalue weighted by Gasteiger charge is 1.96.